The highest BCUT2D eigenvalue weighted by Gasteiger charge is 2.10. The Labute approximate surface area is 85.7 Å². The van der Waals surface area contributed by atoms with Crippen LogP contribution in [0.2, 0.25) is 0 Å². The van der Waals surface area contributed by atoms with Crippen molar-refractivity contribution < 1.29 is 9.53 Å². The summed E-state index contributed by atoms with van der Waals surface area (Å²) in [5.74, 6) is -0.465. The summed E-state index contributed by atoms with van der Waals surface area (Å²) in [6.45, 7) is 1.51. The van der Waals surface area contributed by atoms with E-state index in [0.717, 1.165) is 0 Å². The fraction of sp³-hybridized carbons (Fsp3) is 0.333. The Balaban J connectivity index is 3.18. The van der Waals surface area contributed by atoms with Gasteiger partial charge in [-0.2, -0.15) is 10.2 Å². The van der Waals surface area contributed by atoms with E-state index in [1.54, 1.807) is 13.0 Å². The lowest BCUT2D eigenvalue weighted by molar-refractivity contribution is -0.141. The molecule has 6 heteroatoms. The fourth-order valence-corrected chi connectivity index (χ4v) is 1.06. The second-order valence-corrected chi connectivity index (χ2v) is 2.83. The maximum atomic E-state index is 11.1. The zero-order valence-corrected chi connectivity index (χ0v) is 8.35. The Bertz CT molecular complexity index is 484. The minimum Gasteiger partial charge on any atom is -0.468 e. The first-order chi connectivity index (χ1) is 7.10. The highest BCUT2D eigenvalue weighted by molar-refractivity contribution is 5.69. The van der Waals surface area contributed by atoms with Crippen LogP contribution >= 0.6 is 0 Å². The first-order valence-electron chi connectivity index (χ1n) is 4.13. The summed E-state index contributed by atoms with van der Waals surface area (Å²) in [5, 5.41) is 8.70. The van der Waals surface area contributed by atoms with E-state index in [1.807, 2.05) is 0 Å². The molecule has 0 amide bonds. The van der Waals surface area contributed by atoms with E-state index in [9.17, 15) is 9.59 Å². The Morgan fingerprint density at radius 1 is 1.73 bits per heavy atom. The average molecular weight is 207 g/mol. The zero-order valence-electron chi connectivity index (χ0n) is 8.35. The number of rotatable bonds is 2. The van der Waals surface area contributed by atoms with E-state index in [-0.39, 0.29) is 12.1 Å². The van der Waals surface area contributed by atoms with Gasteiger partial charge >= 0.3 is 5.97 Å². The number of aromatic nitrogens is 2. The van der Waals surface area contributed by atoms with Gasteiger partial charge in [0.25, 0.3) is 5.56 Å². The summed E-state index contributed by atoms with van der Waals surface area (Å²) in [7, 11) is 1.26. The summed E-state index contributed by atoms with van der Waals surface area (Å²) in [6.07, 6.45) is 1.22. The highest BCUT2D eigenvalue weighted by Crippen LogP contribution is 2.00. The lowest BCUT2D eigenvalue weighted by atomic mass is 10.2. The molecule has 1 aromatic heterocycles. The molecule has 15 heavy (non-hydrogen) atoms. The van der Waals surface area contributed by atoms with Crippen LogP contribution in [0.25, 0.3) is 0 Å². The molecule has 1 aromatic rings. The van der Waals surface area contributed by atoms with Gasteiger partial charge in [-0.25, -0.2) is 0 Å². The minimum absolute atomic E-state index is 0.0543. The number of nitriles is 1. The van der Waals surface area contributed by atoms with Crippen LogP contribution in [0, 0.1) is 18.3 Å². The zero-order chi connectivity index (χ0) is 11.4. The molecule has 6 nitrogen and oxygen atoms in total. The van der Waals surface area contributed by atoms with Crippen molar-refractivity contribution in [3.05, 3.63) is 27.9 Å². The van der Waals surface area contributed by atoms with E-state index >= 15 is 0 Å². The molecule has 0 spiro atoms. The monoisotopic (exact) mass is 207 g/mol. The van der Waals surface area contributed by atoms with Crippen LogP contribution in [0.3, 0.4) is 0 Å². The average Bonchev–Trinajstić information content (AvgIpc) is 2.23. The SMILES string of the molecule is COC(=O)Cn1cnc(=O)c(C#N)c1C. The first kappa shape index (κ1) is 10.9. The van der Waals surface area contributed by atoms with E-state index in [4.69, 9.17) is 5.26 Å². The highest BCUT2D eigenvalue weighted by atomic mass is 16.5. The van der Waals surface area contributed by atoms with Gasteiger partial charge < -0.3 is 9.30 Å². The van der Waals surface area contributed by atoms with Crippen LogP contribution < -0.4 is 5.56 Å². The molecule has 1 rings (SSSR count). The predicted molar refractivity (Wildman–Crippen MR) is 50.0 cm³/mol. The lowest BCUT2D eigenvalue weighted by Crippen LogP contribution is -2.21. The summed E-state index contributed by atoms with van der Waals surface area (Å²) in [5.41, 5.74) is -0.236. The molecule has 0 bridgehead atoms. The molecule has 0 atom stereocenters. The molecule has 0 N–H and O–H groups in total. The first-order valence-corrected chi connectivity index (χ1v) is 4.13. The number of ether oxygens (including phenoxy) is 1. The standard InChI is InChI=1S/C9H9N3O3/c1-6-7(3-10)9(14)11-5-12(6)4-8(13)15-2/h5H,4H2,1-2H3. The van der Waals surface area contributed by atoms with E-state index in [0.29, 0.717) is 5.69 Å². The predicted octanol–water partition coefficient (Wildman–Crippen LogP) is -0.404. The van der Waals surface area contributed by atoms with Crippen molar-refractivity contribution in [1.82, 2.24) is 9.55 Å². The van der Waals surface area contributed by atoms with Crippen molar-refractivity contribution in [3.8, 4) is 6.07 Å². The summed E-state index contributed by atoms with van der Waals surface area (Å²) < 4.78 is 5.86. The van der Waals surface area contributed by atoms with E-state index in [2.05, 4.69) is 9.72 Å². The van der Waals surface area contributed by atoms with Gasteiger partial charge in [0.15, 0.2) is 0 Å². The molecule has 0 aliphatic carbocycles. The van der Waals surface area contributed by atoms with Gasteiger partial charge in [-0.05, 0) is 6.92 Å². The molecule has 0 fully saturated rings. The number of methoxy groups -OCH3 is 1. The molecule has 0 radical (unpaired) electrons. The van der Waals surface area contributed by atoms with Crippen molar-refractivity contribution in [1.29, 1.82) is 5.26 Å². The van der Waals surface area contributed by atoms with Gasteiger partial charge in [-0.15, -0.1) is 0 Å². The molecular formula is C9H9N3O3. The van der Waals surface area contributed by atoms with Crippen LogP contribution in [-0.4, -0.2) is 22.6 Å². The quantitative estimate of drug-likeness (QED) is 0.616. The fourth-order valence-electron chi connectivity index (χ4n) is 1.06. The number of carbonyl (C=O) groups is 1. The van der Waals surface area contributed by atoms with Crippen LogP contribution in [0.15, 0.2) is 11.1 Å². The summed E-state index contributed by atoms with van der Waals surface area (Å²) >= 11 is 0. The number of hydrogen-bond acceptors (Lipinski definition) is 5. The molecule has 78 valence electrons. The Morgan fingerprint density at radius 2 is 2.40 bits per heavy atom. The van der Waals surface area contributed by atoms with Crippen molar-refractivity contribution in [2.24, 2.45) is 0 Å². The van der Waals surface area contributed by atoms with Crippen LogP contribution in [0.4, 0.5) is 0 Å². The molecule has 0 saturated heterocycles. The summed E-state index contributed by atoms with van der Waals surface area (Å²) in [4.78, 5) is 25.6. The maximum absolute atomic E-state index is 11.1. The third-order valence-corrected chi connectivity index (χ3v) is 1.96. The number of nitrogens with zero attached hydrogens (tertiary/aromatic N) is 3. The third-order valence-electron chi connectivity index (χ3n) is 1.96. The van der Waals surface area contributed by atoms with Crippen molar-refractivity contribution >= 4 is 5.97 Å². The number of carbonyl (C=O) groups excluding carboxylic acids is 1. The molecule has 1 heterocycles. The number of esters is 1. The van der Waals surface area contributed by atoms with Crippen molar-refractivity contribution in [3.63, 3.8) is 0 Å². The third kappa shape index (κ3) is 2.20. The number of hydrogen-bond donors (Lipinski definition) is 0. The van der Waals surface area contributed by atoms with Crippen molar-refractivity contribution in [2.45, 2.75) is 13.5 Å². The minimum atomic E-state index is -0.587. The maximum Gasteiger partial charge on any atom is 0.325 e. The van der Waals surface area contributed by atoms with Gasteiger partial charge in [-0.3, -0.25) is 9.59 Å². The molecular weight excluding hydrogens is 198 g/mol. The Kier molecular flexibility index (Phi) is 3.18. The molecule has 0 saturated carbocycles. The summed E-state index contributed by atoms with van der Waals surface area (Å²) in [6, 6.07) is 1.75. The van der Waals surface area contributed by atoms with Crippen molar-refractivity contribution in [2.75, 3.05) is 7.11 Å². The van der Waals surface area contributed by atoms with Gasteiger partial charge in [0.1, 0.15) is 18.2 Å². The molecule has 0 aromatic carbocycles. The van der Waals surface area contributed by atoms with Gasteiger partial charge in [-0.1, -0.05) is 0 Å². The Hall–Kier alpha value is -2.16. The lowest BCUT2D eigenvalue weighted by Gasteiger charge is -2.08. The van der Waals surface area contributed by atoms with Crippen LogP contribution in [0.5, 0.6) is 0 Å². The molecule has 0 aliphatic rings. The van der Waals surface area contributed by atoms with Crippen LogP contribution in [-0.2, 0) is 16.1 Å². The van der Waals surface area contributed by atoms with Gasteiger partial charge in [0.05, 0.1) is 13.4 Å². The van der Waals surface area contributed by atoms with Crippen LogP contribution in [0.1, 0.15) is 11.3 Å². The second-order valence-electron chi connectivity index (χ2n) is 2.83. The van der Waals surface area contributed by atoms with E-state index in [1.165, 1.54) is 18.0 Å². The molecule has 0 unspecified atom stereocenters. The normalized spacial score (nSPS) is 9.40. The van der Waals surface area contributed by atoms with Gasteiger partial charge in [0.2, 0.25) is 0 Å². The Morgan fingerprint density at radius 3 is 2.93 bits per heavy atom. The largest absolute Gasteiger partial charge is 0.468 e. The molecule has 0 aliphatic heterocycles. The van der Waals surface area contributed by atoms with Gasteiger partial charge in [0, 0.05) is 5.69 Å². The second kappa shape index (κ2) is 4.37. The smallest absolute Gasteiger partial charge is 0.325 e. The van der Waals surface area contributed by atoms with E-state index < -0.39 is 11.5 Å². The topological polar surface area (TPSA) is 85.0 Å².